The van der Waals surface area contributed by atoms with Crippen LogP contribution in [-0.2, 0) is 0 Å². The van der Waals surface area contributed by atoms with Crippen LogP contribution in [-0.4, -0.2) is 27.2 Å². The Morgan fingerprint density at radius 1 is 1.45 bits per heavy atom. The van der Waals surface area contributed by atoms with E-state index in [9.17, 15) is 13.6 Å². The third-order valence-electron chi connectivity index (χ3n) is 2.51. The van der Waals surface area contributed by atoms with Crippen molar-refractivity contribution in [1.82, 2.24) is 14.8 Å². The van der Waals surface area contributed by atoms with E-state index in [0.717, 1.165) is 11.1 Å². The first kappa shape index (κ1) is 13.9. The third kappa shape index (κ3) is 2.73. The zero-order valence-electron chi connectivity index (χ0n) is 10.7. The number of carbonyl (C=O) groups is 1. The molecule has 2 aromatic heterocycles. The highest BCUT2D eigenvalue weighted by Gasteiger charge is 2.15. The molecule has 2 rings (SSSR count). The minimum Gasteiger partial charge on any atom is -0.368 e. The number of rotatable bonds is 5. The number of aromatic nitrogens is 3. The second-order valence-corrected chi connectivity index (χ2v) is 4.06. The predicted molar refractivity (Wildman–Crippen MR) is 68.6 cm³/mol. The molecule has 0 unspecified atom stereocenters. The molecule has 0 bridgehead atoms. The highest BCUT2D eigenvalue weighted by Crippen LogP contribution is 2.18. The number of primary amides is 1. The first-order valence-electron chi connectivity index (χ1n) is 5.98. The fraction of sp³-hybridized carbons (Fsp3) is 0.250. The van der Waals surface area contributed by atoms with Crippen molar-refractivity contribution in [3.8, 4) is 5.82 Å². The monoisotopic (exact) mass is 281 g/mol. The molecular formula is C12H13F2N5O. The van der Waals surface area contributed by atoms with E-state index in [-0.39, 0.29) is 17.3 Å². The number of nitrogens with two attached hydrogens (primary N) is 1. The maximum Gasteiger partial charge on any atom is 0.269 e. The van der Waals surface area contributed by atoms with E-state index in [1.807, 2.05) is 6.92 Å². The lowest BCUT2D eigenvalue weighted by Crippen LogP contribution is -2.13. The number of pyridine rings is 1. The van der Waals surface area contributed by atoms with E-state index < -0.39 is 17.5 Å². The lowest BCUT2D eigenvalue weighted by molar-refractivity contribution is 0.0995. The first-order chi connectivity index (χ1) is 9.52. The van der Waals surface area contributed by atoms with Gasteiger partial charge in [-0.05, 0) is 12.5 Å². The summed E-state index contributed by atoms with van der Waals surface area (Å²) in [4.78, 5) is 14.8. The van der Waals surface area contributed by atoms with Gasteiger partial charge in [-0.2, -0.15) is 5.10 Å². The van der Waals surface area contributed by atoms with Gasteiger partial charge in [0.2, 0.25) is 0 Å². The Morgan fingerprint density at radius 3 is 2.80 bits per heavy atom. The summed E-state index contributed by atoms with van der Waals surface area (Å²) in [6, 6.07) is 2.04. The molecule has 20 heavy (non-hydrogen) atoms. The molecule has 0 saturated carbocycles. The fourth-order valence-corrected chi connectivity index (χ4v) is 1.56. The molecule has 0 fully saturated rings. The van der Waals surface area contributed by atoms with Gasteiger partial charge >= 0.3 is 0 Å². The lowest BCUT2D eigenvalue weighted by Gasteiger charge is -2.08. The van der Waals surface area contributed by atoms with Gasteiger partial charge in [-0.15, -0.1) is 0 Å². The van der Waals surface area contributed by atoms with E-state index in [2.05, 4.69) is 15.4 Å². The molecule has 0 aliphatic rings. The van der Waals surface area contributed by atoms with Crippen LogP contribution < -0.4 is 11.1 Å². The van der Waals surface area contributed by atoms with Gasteiger partial charge in [0.25, 0.3) is 5.91 Å². The molecule has 6 nitrogen and oxygen atoms in total. The number of carbonyl (C=O) groups excluding carboxylic acids is 1. The Balaban J connectivity index is 2.41. The molecule has 0 aromatic carbocycles. The molecule has 2 aromatic rings. The summed E-state index contributed by atoms with van der Waals surface area (Å²) in [6.45, 7) is 2.41. The van der Waals surface area contributed by atoms with Gasteiger partial charge in [-0.1, -0.05) is 6.92 Å². The third-order valence-corrected chi connectivity index (χ3v) is 2.51. The molecule has 106 valence electrons. The maximum atomic E-state index is 13.7. The van der Waals surface area contributed by atoms with Crippen molar-refractivity contribution >= 4 is 11.7 Å². The Kier molecular flexibility index (Phi) is 3.92. The van der Waals surface area contributed by atoms with Crippen molar-refractivity contribution < 1.29 is 13.6 Å². The van der Waals surface area contributed by atoms with Crippen LogP contribution >= 0.6 is 0 Å². The van der Waals surface area contributed by atoms with Crippen LogP contribution in [0, 0.1) is 11.6 Å². The fourth-order valence-electron chi connectivity index (χ4n) is 1.56. The quantitative estimate of drug-likeness (QED) is 0.869. The van der Waals surface area contributed by atoms with Gasteiger partial charge in [0, 0.05) is 18.8 Å². The zero-order chi connectivity index (χ0) is 14.7. The SMILES string of the molecule is CCCNc1nc(-n2ccc(C(N)=O)n2)c(F)cc1F. The van der Waals surface area contributed by atoms with Gasteiger partial charge in [-0.25, -0.2) is 18.4 Å². The van der Waals surface area contributed by atoms with Crippen molar-refractivity contribution in [2.45, 2.75) is 13.3 Å². The van der Waals surface area contributed by atoms with Crippen molar-refractivity contribution in [2.75, 3.05) is 11.9 Å². The highest BCUT2D eigenvalue weighted by atomic mass is 19.1. The molecule has 0 spiro atoms. The van der Waals surface area contributed by atoms with Crippen LogP contribution in [0.4, 0.5) is 14.6 Å². The van der Waals surface area contributed by atoms with E-state index in [1.165, 1.54) is 12.3 Å². The van der Waals surface area contributed by atoms with Crippen molar-refractivity contribution in [2.24, 2.45) is 5.73 Å². The standard InChI is InChI=1S/C12H13F2N5O/c1-2-4-16-11-7(13)6-8(14)12(17-11)19-5-3-9(18-19)10(15)20/h3,5-6H,2,4H2,1H3,(H2,15,20)(H,16,17). The summed E-state index contributed by atoms with van der Waals surface area (Å²) < 4.78 is 28.3. The van der Waals surface area contributed by atoms with E-state index in [4.69, 9.17) is 5.73 Å². The minimum atomic E-state index is -0.885. The molecule has 0 aliphatic heterocycles. The number of nitrogens with one attached hydrogen (secondary N) is 1. The number of nitrogens with zero attached hydrogens (tertiary/aromatic N) is 3. The average molecular weight is 281 g/mol. The largest absolute Gasteiger partial charge is 0.368 e. The topological polar surface area (TPSA) is 85.8 Å². The number of hydrogen-bond acceptors (Lipinski definition) is 4. The van der Waals surface area contributed by atoms with E-state index in [1.54, 1.807) is 0 Å². The normalized spacial score (nSPS) is 10.6. The van der Waals surface area contributed by atoms with Gasteiger partial charge in [0.15, 0.2) is 23.3 Å². The second kappa shape index (κ2) is 5.64. The average Bonchev–Trinajstić information content (AvgIpc) is 2.87. The number of anilines is 1. The maximum absolute atomic E-state index is 13.7. The summed E-state index contributed by atoms with van der Waals surface area (Å²) >= 11 is 0. The minimum absolute atomic E-state index is 0.0291. The van der Waals surface area contributed by atoms with Crippen LogP contribution in [0.2, 0.25) is 0 Å². The van der Waals surface area contributed by atoms with Gasteiger partial charge < -0.3 is 11.1 Å². The second-order valence-electron chi connectivity index (χ2n) is 4.06. The smallest absolute Gasteiger partial charge is 0.269 e. The van der Waals surface area contributed by atoms with Crippen LogP contribution in [0.1, 0.15) is 23.8 Å². The highest BCUT2D eigenvalue weighted by molar-refractivity contribution is 5.90. The van der Waals surface area contributed by atoms with Crippen molar-refractivity contribution in [3.05, 3.63) is 35.7 Å². The first-order valence-corrected chi connectivity index (χ1v) is 5.98. The molecule has 2 heterocycles. The number of amides is 1. The molecular weight excluding hydrogens is 268 g/mol. The predicted octanol–water partition coefficient (Wildman–Crippen LogP) is 1.47. The molecule has 3 N–H and O–H groups in total. The summed E-state index contributed by atoms with van der Waals surface area (Å²) in [5, 5.41) is 6.53. The Hall–Kier alpha value is -2.51. The van der Waals surface area contributed by atoms with E-state index >= 15 is 0 Å². The summed E-state index contributed by atoms with van der Waals surface area (Å²) in [7, 11) is 0. The molecule has 1 amide bonds. The Bertz CT molecular complexity index is 641. The Morgan fingerprint density at radius 2 is 2.20 bits per heavy atom. The molecule has 8 heteroatoms. The number of halogens is 2. The van der Waals surface area contributed by atoms with Crippen LogP contribution in [0.25, 0.3) is 5.82 Å². The lowest BCUT2D eigenvalue weighted by atomic mass is 10.4. The molecule has 0 atom stereocenters. The summed E-state index contributed by atoms with van der Waals surface area (Å²) in [5.74, 6) is -2.70. The van der Waals surface area contributed by atoms with Crippen molar-refractivity contribution in [3.63, 3.8) is 0 Å². The van der Waals surface area contributed by atoms with Crippen LogP contribution in [0.15, 0.2) is 18.3 Å². The van der Waals surface area contributed by atoms with Crippen LogP contribution in [0.5, 0.6) is 0 Å². The summed E-state index contributed by atoms with van der Waals surface area (Å²) in [5.41, 5.74) is 5.03. The number of hydrogen-bond donors (Lipinski definition) is 2. The molecule has 0 radical (unpaired) electrons. The van der Waals surface area contributed by atoms with Crippen LogP contribution in [0.3, 0.4) is 0 Å². The molecule has 0 aliphatic carbocycles. The van der Waals surface area contributed by atoms with Gasteiger partial charge in [0.1, 0.15) is 5.69 Å². The Labute approximate surface area is 113 Å². The zero-order valence-corrected chi connectivity index (χ0v) is 10.7. The van der Waals surface area contributed by atoms with Crippen molar-refractivity contribution in [1.29, 1.82) is 0 Å². The van der Waals surface area contributed by atoms with Gasteiger partial charge in [0.05, 0.1) is 0 Å². The van der Waals surface area contributed by atoms with Gasteiger partial charge in [-0.3, -0.25) is 4.79 Å². The molecule has 0 saturated heterocycles. The van der Waals surface area contributed by atoms with E-state index in [0.29, 0.717) is 12.6 Å². The summed E-state index contributed by atoms with van der Waals surface area (Å²) in [6.07, 6.45) is 2.09.